The monoisotopic (exact) mass is 328 g/mol. The summed E-state index contributed by atoms with van der Waals surface area (Å²) in [6.07, 6.45) is 0. The zero-order valence-corrected chi connectivity index (χ0v) is 13.5. The molecule has 25 heavy (non-hydrogen) atoms. The van der Waals surface area contributed by atoms with Gasteiger partial charge in [-0.2, -0.15) is 0 Å². The minimum atomic E-state index is -0.154. The van der Waals surface area contributed by atoms with Gasteiger partial charge in [-0.1, -0.05) is 54.6 Å². The van der Waals surface area contributed by atoms with E-state index < -0.39 is 0 Å². The summed E-state index contributed by atoms with van der Waals surface area (Å²) >= 11 is 0. The lowest BCUT2D eigenvalue weighted by Crippen LogP contribution is -2.10. The van der Waals surface area contributed by atoms with Crippen molar-refractivity contribution in [2.45, 2.75) is 6.61 Å². The molecule has 0 aliphatic rings. The molecule has 1 N–H and O–H groups in total. The van der Waals surface area contributed by atoms with E-state index in [0.717, 1.165) is 11.1 Å². The van der Waals surface area contributed by atoms with Gasteiger partial charge in [0.1, 0.15) is 18.2 Å². The summed E-state index contributed by atoms with van der Waals surface area (Å²) in [6.45, 7) is 0.454. The third-order valence-corrected chi connectivity index (χ3v) is 3.99. The van der Waals surface area contributed by atoms with Crippen LogP contribution in [0.5, 0.6) is 5.75 Å². The quantitative estimate of drug-likeness (QED) is 0.612. The van der Waals surface area contributed by atoms with Crippen molar-refractivity contribution in [1.29, 1.82) is 0 Å². The first-order valence-electron chi connectivity index (χ1n) is 8.06. The van der Waals surface area contributed by atoms with Crippen molar-refractivity contribution in [2.75, 3.05) is 0 Å². The smallest absolute Gasteiger partial charge is 0.259 e. The molecule has 0 aliphatic heterocycles. The molecule has 1 aromatic heterocycles. The van der Waals surface area contributed by atoms with Crippen molar-refractivity contribution in [3.05, 3.63) is 94.8 Å². The van der Waals surface area contributed by atoms with Gasteiger partial charge >= 0.3 is 0 Å². The second-order valence-electron chi connectivity index (χ2n) is 5.70. The van der Waals surface area contributed by atoms with Gasteiger partial charge < -0.3 is 9.72 Å². The number of nitrogens with one attached hydrogen (secondary N) is 1. The van der Waals surface area contributed by atoms with Gasteiger partial charge in [0.2, 0.25) is 0 Å². The van der Waals surface area contributed by atoms with Crippen LogP contribution in [-0.2, 0) is 6.61 Å². The van der Waals surface area contributed by atoms with Crippen molar-refractivity contribution in [2.24, 2.45) is 0 Å². The van der Waals surface area contributed by atoms with E-state index in [2.05, 4.69) is 9.97 Å². The van der Waals surface area contributed by atoms with E-state index in [1.165, 1.54) is 0 Å². The molecular formula is C21H16N2O2. The standard InChI is InChI=1S/C21H16N2O2/c24-21-16-10-4-6-12-18(16)22-20(23-21)17-11-5-7-13-19(17)25-14-15-8-2-1-3-9-15/h1-13H,14H2,(H,22,23,24). The predicted octanol–water partition coefficient (Wildman–Crippen LogP) is 4.17. The molecule has 0 radical (unpaired) electrons. The number of rotatable bonds is 4. The maximum absolute atomic E-state index is 12.3. The Morgan fingerprint density at radius 2 is 1.56 bits per heavy atom. The Hall–Kier alpha value is -3.40. The maximum atomic E-state index is 12.3. The van der Waals surface area contributed by atoms with Crippen molar-refractivity contribution < 1.29 is 4.74 Å². The summed E-state index contributed by atoms with van der Waals surface area (Å²) in [5.41, 5.74) is 2.36. The highest BCUT2D eigenvalue weighted by Crippen LogP contribution is 2.28. The lowest BCUT2D eigenvalue weighted by atomic mass is 10.1. The lowest BCUT2D eigenvalue weighted by Gasteiger charge is -2.11. The van der Waals surface area contributed by atoms with Crippen LogP contribution in [0.4, 0.5) is 0 Å². The molecule has 0 unspecified atom stereocenters. The van der Waals surface area contributed by atoms with E-state index in [0.29, 0.717) is 29.1 Å². The Balaban J connectivity index is 1.72. The number of H-pyrrole nitrogens is 1. The van der Waals surface area contributed by atoms with Crippen molar-refractivity contribution in [3.8, 4) is 17.1 Å². The Kier molecular flexibility index (Phi) is 4.01. The van der Waals surface area contributed by atoms with Gasteiger partial charge in [0.05, 0.1) is 16.5 Å². The highest BCUT2D eigenvalue weighted by atomic mass is 16.5. The second-order valence-corrected chi connectivity index (χ2v) is 5.70. The summed E-state index contributed by atoms with van der Waals surface area (Å²) in [7, 11) is 0. The molecule has 0 saturated heterocycles. The molecule has 4 heteroatoms. The highest BCUT2D eigenvalue weighted by molar-refractivity contribution is 5.80. The molecule has 3 aromatic carbocycles. The van der Waals surface area contributed by atoms with E-state index in [9.17, 15) is 4.79 Å². The number of fused-ring (bicyclic) bond motifs is 1. The number of para-hydroxylation sites is 2. The number of aromatic nitrogens is 2. The minimum Gasteiger partial charge on any atom is -0.488 e. The molecule has 0 amide bonds. The zero-order chi connectivity index (χ0) is 17.1. The van der Waals surface area contributed by atoms with Gasteiger partial charge in [-0.25, -0.2) is 4.98 Å². The average Bonchev–Trinajstić information content (AvgIpc) is 2.67. The highest BCUT2D eigenvalue weighted by Gasteiger charge is 2.10. The number of ether oxygens (including phenoxy) is 1. The number of hydrogen-bond donors (Lipinski definition) is 1. The average molecular weight is 328 g/mol. The van der Waals surface area contributed by atoms with Crippen molar-refractivity contribution in [1.82, 2.24) is 9.97 Å². The van der Waals surface area contributed by atoms with Gasteiger partial charge in [-0.15, -0.1) is 0 Å². The minimum absolute atomic E-state index is 0.154. The van der Waals surface area contributed by atoms with E-state index >= 15 is 0 Å². The number of benzene rings is 3. The van der Waals surface area contributed by atoms with Crippen LogP contribution >= 0.6 is 0 Å². The van der Waals surface area contributed by atoms with Crippen molar-refractivity contribution in [3.63, 3.8) is 0 Å². The molecule has 4 rings (SSSR count). The molecule has 0 fully saturated rings. The zero-order valence-electron chi connectivity index (χ0n) is 13.5. The number of aromatic amines is 1. The topological polar surface area (TPSA) is 55.0 Å². The van der Waals surface area contributed by atoms with Gasteiger partial charge in [0, 0.05) is 0 Å². The molecule has 0 spiro atoms. The van der Waals surface area contributed by atoms with Crippen molar-refractivity contribution >= 4 is 10.9 Å². The largest absolute Gasteiger partial charge is 0.488 e. The Bertz CT molecular complexity index is 1070. The molecule has 4 nitrogen and oxygen atoms in total. The Morgan fingerprint density at radius 1 is 0.840 bits per heavy atom. The second kappa shape index (κ2) is 6.61. The molecule has 1 heterocycles. The van der Waals surface area contributed by atoms with Crippen LogP contribution < -0.4 is 10.3 Å². The number of hydrogen-bond acceptors (Lipinski definition) is 3. The van der Waals surface area contributed by atoms with Crippen LogP contribution in [0.1, 0.15) is 5.56 Å². The van der Waals surface area contributed by atoms with E-state index in [4.69, 9.17) is 4.74 Å². The Labute approximate surface area is 144 Å². The molecule has 0 atom stereocenters. The Morgan fingerprint density at radius 3 is 2.44 bits per heavy atom. The fraction of sp³-hybridized carbons (Fsp3) is 0.0476. The molecular weight excluding hydrogens is 312 g/mol. The fourth-order valence-electron chi connectivity index (χ4n) is 2.74. The van der Waals surface area contributed by atoms with E-state index in [1.54, 1.807) is 6.07 Å². The van der Waals surface area contributed by atoms with Crippen LogP contribution in [0.3, 0.4) is 0 Å². The summed E-state index contributed by atoms with van der Waals surface area (Å²) in [6, 6.07) is 24.8. The molecule has 0 bridgehead atoms. The molecule has 0 aliphatic carbocycles. The van der Waals surface area contributed by atoms with Crippen LogP contribution in [0, 0.1) is 0 Å². The third-order valence-electron chi connectivity index (χ3n) is 3.99. The van der Waals surface area contributed by atoms with Crippen LogP contribution in [0.2, 0.25) is 0 Å². The first-order chi connectivity index (χ1) is 12.3. The summed E-state index contributed by atoms with van der Waals surface area (Å²) in [4.78, 5) is 19.8. The van der Waals surface area contributed by atoms with Gasteiger partial charge in [0.25, 0.3) is 5.56 Å². The predicted molar refractivity (Wildman–Crippen MR) is 98.6 cm³/mol. The van der Waals surface area contributed by atoms with Gasteiger partial charge in [0.15, 0.2) is 0 Å². The first kappa shape index (κ1) is 15.1. The summed E-state index contributed by atoms with van der Waals surface area (Å²) in [5.74, 6) is 1.19. The van der Waals surface area contributed by atoms with E-state index in [1.807, 2.05) is 72.8 Å². The first-order valence-corrected chi connectivity index (χ1v) is 8.06. The van der Waals surface area contributed by atoms with Crippen LogP contribution in [0.25, 0.3) is 22.3 Å². The number of nitrogens with zero attached hydrogens (tertiary/aromatic N) is 1. The molecule has 4 aromatic rings. The summed E-state index contributed by atoms with van der Waals surface area (Å²) in [5, 5.41) is 0.578. The summed E-state index contributed by atoms with van der Waals surface area (Å²) < 4.78 is 5.97. The third kappa shape index (κ3) is 3.15. The van der Waals surface area contributed by atoms with Crippen LogP contribution in [0.15, 0.2) is 83.7 Å². The normalized spacial score (nSPS) is 10.7. The fourth-order valence-corrected chi connectivity index (χ4v) is 2.74. The molecule has 122 valence electrons. The van der Waals surface area contributed by atoms with Crippen LogP contribution in [-0.4, -0.2) is 9.97 Å². The molecule has 0 saturated carbocycles. The maximum Gasteiger partial charge on any atom is 0.259 e. The van der Waals surface area contributed by atoms with Gasteiger partial charge in [-0.05, 0) is 29.8 Å². The van der Waals surface area contributed by atoms with Gasteiger partial charge in [-0.3, -0.25) is 4.79 Å². The SMILES string of the molecule is O=c1[nH]c(-c2ccccc2OCc2ccccc2)nc2ccccc12. The van der Waals surface area contributed by atoms with E-state index in [-0.39, 0.29) is 5.56 Å². The lowest BCUT2D eigenvalue weighted by molar-refractivity contribution is 0.307.